The van der Waals surface area contributed by atoms with Gasteiger partial charge in [-0.3, -0.25) is 0 Å². The van der Waals surface area contributed by atoms with Crippen LogP contribution in [0.25, 0.3) is 22.2 Å². The maximum Gasteiger partial charge on any atom is 0.120 e. The van der Waals surface area contributed by atoms with Crippen LogP contribution < -0.4 is 5.73 Å². The van der Waals surface area contributed by atoms with Crippen molar-refractivity contribution in [2.75, 3.05) is 0 Å². The Hall–Kier alpha value is -2.07. The van der Waals surface area contributed by atoms with Crippen LogP contribution in [0.3, 0.4) is 0 Å². The summed E-state index contributed by atoms with van der Waals surface area (Å²) < 4.78 is 0. The SMILES string of the molecule is NCc1ncc(-c2c[nH]c3ccccc23)[nH]1. The zero-order valence-electron chi connectivity index (χ0n) is 8.70. The Bertz CT molecular complexity index is 621. The van der Waals surface area contributed by atoms with E-state index in [1.165, 1.54) is 5.39 Å². The number of aromatic nitrogens is 3. The third kappa shape index (κ3) is 1.31. The minimum absolute atomic E-state index is 0.433. The van der Waals surface area contributed by atoms with Gasteiger partial charge in [0.1, 0.15) is 5.82 Å². The highest BCUT2D eigenvalue weighted by Gasteiger charge is 2.07. The lowest BCUT2D eigenvalue weighted by Crippen LogP contribution is -1.97. The molecular weight excluding hydrogens is 200 g/mol. The van der Waals surface area contributed by atoms with E-state index in [2.05, 4.69) is 27.1 Å². The highest BCUT2D eigenvalue weighted by molar-refractivity contribution is 5.94. The van der Waals surface area contributed by atoms with Crippen LogP contribution in [0.2, 0.25) is 0 Å². The fourth-order valence-corrected chi connectivity index (χ4v) is 1.90. The summed E-state index contributed by atoms with van der Waals surface area (Å²) in [6, 6.07) is 8.18. The van der Waals surface area contributed by atoms with Crippen molar-refractivity contribution in [2.45, 2.75) is 6.54 Å². The van der Waals surface area contributed by atoms with Crippen LogP contribution in [0.4, 0.5) is 0 Å². The summed E-state index contributed by atoms with van der Waals surface area (Å²) in [5, 5.41) is 1.19. The number of nitrogens with one attached hydrogen (secondary N) is 2. The summed E-state index contributed by atoms with van der Waals surface area (Å²) in [5.74, 6) is 0.806. The van der Waals surface area contributed by atoms with Crippen LogP contribution in [-0.2, 0) is 6.54 Å². The second-order valence-electron chi connectivity index (χ2n) is 3.70. The zero-order chi connectivity index (χ0) is 11.0. The van der Waals surface area contributed by atoms with Gasteiger partial charge in [-0.1, -0.05) is 18.2 Å². The van der Waals surface area contributed by atoms with Crippen LogP contribution in [0.1, 0.15) is 5.82 Å². The lowest BCUT2D eigenvalue weighted by Gasteiger charge is -1.94. The number of imidazole rings is 1. The largest absolute Gasteiger partial charge is 0.360 e. The van der Waals surface area contributed by atoms with Gasteiger partial charge in [0.05, 0.1) is 18.4 Å². The van der Waals surface area contributed by atoms with Crippen molar-refractivity contribution in [3.8, 4) is 11.3 Å². The molecule has 4 N–H and O–H groups in total. The quantitative estimate of drug-likeness (QED) is 0.608. The third-order valence-corrected chi connectivity index (χ3v) is 2.70. The molecule has 0 saturated heterocycles. The van der Waals surface area contributed by atoms with E-state index in [4.69, 9.17) is 5.73 Å². The van der Waals surface area contributed by atoms with Gasteiger partial charge in [0.2, 0.25) is 0 Å². The van der Waals surface area contributed by atoms with Crippen molar-refractivity contribution in [1.29, 1.82) is 0 Å². The summed E-state index contributed by atoms with van der Waals surface area (Å²) in [6.07, 6.45) is 3.80. The summed E-state index contributed by atoms with van der Waals surface area (Å²) in [4.78, 5) is 10.6. The number of para-hydroxylation sites is 1. The standard InChI is InChI=1S/C12H12N4/c13-5-12-15-7-11(16-12)9-6-14-10-4-2-1-3-8(9)10/h1-4,6-7,14H,5,13H2,(H,15,16). The Morgan fingerprint density at radius 2 is 2.12 bits per heavy atom. The van der Waals surface area contributed by atoms with Crippen LogP contribution in [-0.4, -0.2) is 15.0 Å². The summed E-state index contributed by atoms with van der Waals surface area (Å²) in [6.45, 7) is 0.433. The van der Waals surface area contributed by atoms with E-state index < -0.39 is 0 Å². The Morgan fingerprint density at radius 3 is 2.94 bits per heavy atom. The molecule has 16 heavy (non-hydrogen) atoms. The predicted octanol–water partition coefficient (Wildman–Crippen LogP) is 2.02. The Balaban J connectivity index is 2.18. The summed E-state index contributed by atoms with van der Waals surface area (Å²) in [5.41, 5.74) is 8.78. The smallest absolute Gasteiger partial charge is 0.120 e. The van der Waals surface area contributed by atoms with Crippen molar-refractivity contribution in [3.05, 3.63) is 42.5 Å². The van der Waals surface area contributed by atoms with Gasteiger partial charge in [-0.05, 0) is 6.07 Å². The molecule has 0 unspecified atom stereocenters. The number of aromatic amines is 2. The minimum atomic E-state index is 0.433. The number of nitrogens with two attached hydrogens (primary N) is 1. The first-order valence-corrected chi connectivity index (χ1v) is 5.19. The predicted molar refractivity (Wildman–Crippen MR) is 63.8 cm³/mol. The van der Waals surface area contributed by atoms with E-state index in [9.17, 15) is 0 Å². The van der Waals surface area contributed by atoms with Crippen molar-refractivity contribution in [1.82, 2.24) is 15.0 Å². The number of fused-ring (bicyclic) bond motifs is 1. The fourth-order valence-electron chi connectivity index (χ4n) is 1.90. The number of hydrogen-bond acceptors (Lipinski definition) is 2. The van der Waals surface area contributed by atoms with Gasteiger partial charge in [0.25, 0.3) is 0 Å². The number of rotatable bonds is 2. The van der Waals surface area contributed by atoms with Crippen LogP contribution >= 0.6 is 0 Å². The molecule has 2 heterocycles. The first kappa shape index (κ1) is 9.18. The lowest BCUT2D eigenvalue weighted by atomic mass is 10.1. The number of benzene rings is 1. The van der Waals surface area contributed by atoms with Gasteiger partial charge in [0.15, 0.2) is 0 Å². The molecule has 0 bridgehead atoms. The van der Waals surface area contributed by atoms with Gasteiger partial charge in [-0.25, -0.2) is 4.98 Å². The molecule has 0 radical (unpaired) electrons. The summed E-state index contributed by atoms with van der Waals surface area (Å²) >= 11 is 0. The van der Waals surface area contributed by atoms with Gasteiger partial charge >= 0.3 is 0 Å². The normalized spacial score (nSPS) is 11.1. The Labute approximate surface area is 92.5 Å². The van der Waals surface area contributed by atoms with Crippen molar-refractivity contribution in [2.24, 2.45) is 5.73 Å². The Kier molecular flexibility index (Phi) is 2.01. The molecular formula is C12H12N4. The average Bonchev–Trinajstić information content (AvgIpc) is 2.94. The molecule has 0 fully saturated rings. The van der Waals surface area contributed by atoms with Crippen LogP contribution in [0, 0.1) is 0 Å². The molecule has 4 heteroatoms. The van der Waals surface area contributed by atoms with Gasteiger partial charge in [0, 0.05) is 22.7 Å². The van der Waals surface area contributed by atoms with Crippen molar-refractivity contribution in [3.63, 3.8) is 0 Å². The van der Waals surface area contributed by atoms with E-state index >= 15 is 0 Å². The molecule has 80 valence electrons. The topological polar surface area (TPSA) is 70.5 Å². The molecule has 0 aliphatic carbocycles. The lowest BCUT2D eigenvalue weighted by molar-refractivity contribution is 0.951. The van der Waals surface area contributed by atoms with Gasteiger partial charge in [-0.2, -0.15) is 0 Å². The van der Waals surface area contributed by atoms with Gasteiger partial charge < -0.3 is 15.7 Å². The molecule has 1 aromatic carbocycles. The van der Waals surface area contributed by atoms with E-state index in [-0.39, 0.29) is 0 Å². The van der Waals surface area contributed by atoms with Crippen molar-refractivity contribution < 1.29 is 0 Å². The molecule has 0 spiro atoms. The first-order chi connectivity index (χ1) is 7.88. The zero-order valence-corrected chi connectivity index (χ0v) is 8.70. The van der Waals surface area contributed by atoms with Crippen LogP contribution in [0.5, 0.6) is 0 Å². The first-order valence-electron chi connectivity index (χ1n) is 5.19. The monoisotopic (exact) mass is 212 g/mol. The van der Waals surface area contributed by atoms with E-state index in [0.717, 1.165) is 22.6 Å². The molecule has 0 atom stereocenters. The van der Waals surface area contributed by atoms with E-state index in [1.54, 1.807) is 0 Å². The fraction of sp³-hybridized carbons (Fsp3) is 0.0833. The highest BCUT2D eigenvalue weighted by atomic mass is 14.9. The Morgan fingerprint density at radius 1 is 1.25 bits per heavy atom. The van der Waals surface area contributed by atoms with Gasteiger partial charge in [-0.15, -0.1) is 0 Å². The van der Waals surface area contributed by atoms with Crippen LogP contribution in [0.15, 0.2) is 36.7 Å². The highest BCUT2D eigenvalue weighted by Crippen LogP contribution is 2.26. The average molecular weight is 212 g/mol. The molecule has 4 nitrogen and oxygen atoms in total. The van der Waals surface area contributed by atoms with E-state index in [0.29, 0.717) is 6.54 Å². The second-order valence-corrected chi connectivity index (χ2v) is 3.70. The molecule has 0 aliphatic rings. The maximum absolute atomic E-state index is 5.53. The molecule has 0 saturated carbocycles. The molecule has 0 aliphatic heterocycles. The molecule has 3 rings (SSSR count). The second kappa shape index (κ2) is 3.50. The third-order valence-electron chi connectivity index (χ3n) is 2.70. The minimum Gasteiger partial charge on any atom is -0.360 e. The number of nitrogens with zero attached hydrogens (tertiary/aromatic N) is 1. The van der Waals surface area contributed by atoms with Crippen molar-refractivity contribution >= 4 is 10.9 Å². The molecule has 0 amide bonds. The summed E-state index contributed by atoms with van der Waals surface area (Å²) in [7, 11) is 0. The maximum atomic E-state index is 5.53. The number of H-pyrrole nitrogens is 2. The number of hydrogen-bond donors (Lipinski definition) is 3. The molecule has 2 aromatic heterocycles. The molecule has 3 aromatic rings. The van der Waals surface area contributed by atoms with E-state index in [1.807, 2.05) is 24.5 Å².